The summed E-state index contributed by atoms with van der Waals surface area (Å²) in [5.41, 5.74) is 5.75. The summed E-state index contributed by atoms with van der Waals surface area (Å²) in [6.45, 7) is 2.80. The van der Waals surface area contributed by atoms with Gasteiger partial charge < -0.3 is 16.4 Å². The van der Waals surface area contributed by atoms with Gasteiger partial charge in [0.25, 0.3) is 0 Å². The SMILES string of the molecule is CNC(=O)CN1CCC(NC(=O)[C@@H]2CCC[C@@H]2CN)CC1. The van der Waals surface area contributed by atoms with E-state index in [4.69, 9.17) is 5.73 Å². The van der Waals surface area contributed by atoms with Crippen molar-refractivity contribution in [2.24, 2.45) is 17.6 Å². The minimum absolute atomic E-state index is 0.0502. The van der Waals surface area contributed by atoms with Gasteiger partial charge in [-0.25, -0.2) is 0 Å². The molecule has 1 heterocycles. The quantitative estimate of drug-likeness (QED) is 0.649. The van der Waals surface area contributed by atoms with E-state index in [1.54, 1.807) is 7.05 Å². The molecule has 0 unspecified atom stereocenters. The molecule has 0 spiro atoms. The Hall–Kier alpha value is -1.14. The molecule has 120 valence electrons. The number of piperidine rings is 1. The highest BCUT2D eigenvalue weighted by Crippen LogP contribution is 2.31. The molecule has 0 radical (unpaired) electrons. The zero-order valence-electron chi connectivity index (χ0n) is 12.9. The number of nitrogens with two attached hydrogens (primary N) is 1. The molecule has 2 aliphatic rings. The number of rotatable bonds is 5. The lowest BCUT2D eigenvalue weighted by atomic mass is 9.94. The van der Waals surface area contributed by atoms with Crippen molar-refractivity contribution in [2.45, 2.75) is 38.1 Å². The molecule has 1 saturated carbocycles. The van der Waals surface area contributed by atoms with Gasteiger partial charge in [-0.3, -0.25) is 14.5 Å². The van der Waals surface area contributed by atoms with Crippen molar-refractivity contribution >= 4 is 11.8 Å². The van der Waals surface area contributed by atoms with Gasteiger partial charge in [0.1, 0.15) is 0 Å². The van der Waals surface area contributed by atoms with Crippen LogP contribution >= 0.6 is 0 Å². The fourth-order valence-electron chi connectivity index (χ4n) is 3.49. The smallest absolute Gasteiger partial charge is 0.233 e. The van der Waals surface area contributed by atoms with E-state index in [1.807, 2.05) is 0 Å². The fourth-order valence-corrected chi connectivity index (χ4v) is 3.49. The predicted octanol–water partition coefficient (Wildman–Crippen LogP) is -0.312. The second-order valence-electron chi connectivity index (χ2n) is 6.27. The van der Waals surface area contributed by atoms with Crippen molar-refractivity contribution in [2.75, 3.05) is 33.2 Å². The molecule has 21 heavy (non-hydrogen) atoms. The Bertz CT molecular complexity index is 367. The number of nitrogens with zero attached hydrogens (tertiary/aromatic N) is 1. The number of carbonyl (C=O) groups is 2. The van der Waals surface area contributed by atoms with Crippen LogP contribution in [0.3, 0.4) is 0 Å². The molecule has 2 amide bonds. The molecule has 6 nitrogen and oxygen atoms in total. The molecular weight excluding hydrogens is 268 g/mol. The minimum Gasteiger partial charge on any atom is -0.358 e. The maximum Gasteiger partial charge on any atom is 0.233 e. The number of nitrogens with one attached hydrogen (secondary N) is 2. The monoisotopic (exact) mass is 296 g/mol. The predicted molar refractivity (Wildman–Crippen MR) is 81.6 cm³/mol. The van der Waals surface area contributed by atoms with E-state index in [9.17, 15) is 9.59 Å². The largest absolute Gasteiger partial charge is 0.358 e. The van der Waals surface area contributed by atoms with Gasteiger partial charge >= 0.3 is 0 Å². The fraction of sp³-hybridized carbons (Fsp3) is 0.867. The van der Waals surface area contributed by atoms with Gasteiger partial charge in [0, 0.05) is 32.1 Å². The molecule has 2 rings (SSSR count). The molecule has 0 bridgehead atoms. The molecule has 2 atom stereocenters. The second-order valence-corrected chi connectivity index (χ2v) is 6.27. The maximum atomic E-state index is 12.3. The molecule has 0 aromatic carbocycles. The minimum atomic E-state index is 0.0502. The molecule has 1 saturated heterocycles. The standard InChI is InChI=1S/C15H28N4O2/c1-17-14(20)10-19-7-5-12(6-8-19)18-15(21)13-4-2-3-11(13)9-16/h11-13H,2-10,16H2,1H3,(H,17,20)(H,18,21)/t11-,13-/m1/s1. The summed E-state index contributed by atoms with van der Waals surface area (Å²) in [5, 5.41) is 5.83. The van der Waals surface area contributed by atoms with Crippen LogP contribution in [0, 0.1) is 11.8 Å². The van der Waals surface area contributed by atoms with Crippen molar-refractivity contribution in [1.82, 2.24) is 15.5 Å². The van der Waals surface area contributed by atoms with Crippen molar-refractivity contribution in [3.8, 4) is 0 Å². The molecule has 4 N–H and O–H groups in total. The number of likely N-dealkylation sites (tertiary alicyclic amines) is 1. The van der Waals surface area contributed by atoms with E-state index in [1.165, 1.54) is 0 Å². The van der Waals surface area contributed by atoms with Crippen LogP contribution in [0.4, 0.5) is 0 Å². The highest BCUT2D eigenvalue weighted by molar-refractivity contribution is 5.79. The first-order valence-corrected chi connectivity index (χ1v) is 8.07. The van der Waals surface area contributed by atoms with E-state index in [0.29, 0.717) is 19.0 Å². The number of hydrogen-bond acceptors (Lipinski definition) is 4. The maximum absolute atomic E-state index is 12.3. The molecular formula is C15H28N4O2. The molecule has 1 aliphatic carbocycles. The number of amides is 2. The van der Waals surface area contributed by atoms with Crippen LogP contribution in [-0.4, -0.2) is 56.0 Å². The molecule has 0 aromatic rings. The van der Waals surface area contributed by atoms with Gasteiger partial charge in [0.05, 0.1) is 6.54 Å². The van der Waals surface area contributed by atoms with E-state index in [2.05, 4.69) is 15.5 Å². The Morgan fingerprint density at radius 1 is 1.19 bits per heavy atom. The Labute approximate surface area is 126 Å². The van der Waals surface area contributed by atoms with Gasteiger partial charge in [0.15, 0.2) is 0 Å². The van der Waals surface area contributed by atoms with Crippen LogP contribution in [0.2, 0.25) is 0 Å². The molecule has 1 aliphatic heterocycles. The Morgan fingerprint density at radius 3 is 2.52 bits per heavy atom. The summed E-state index contributed by atoms with van der Waals surface area (Å²) in [7, 11) is 1.66. The third kappa shape index (κ3) is 4.41. The van der Waals surface area contributed by atoms with Gasteiger partial charge in [-0.05, 0) is 38.1 Å². The highest BCUT2D eigenvalue weighted by Gasteiger charge is 2.33. The van der Waals surface area contributed by atoms with Crippen LogP contribution in [0.15, 0.2) is 0 Å². The molecule has 2 fully saturated rings. The summed E-state index contributed by atoms with van der Waals surface area (Å²) in [5.74, 6) is 0.708. The average molecular weight is 296 g/mol. The zero-order chi connectivity index (χ0) is 15.2. The van der Waals surface area contributed by atoms with Crippen molar-refractivity contribution < 1.29 is 9.59 Å². The van der Waals surface area contributed by atoms with Gasteiger partial charge in [0.2, 0.25) is 11.8 Å². The third-order valence-corrected chi connectivity index (χ3v) is 4.88. The first kappa shape index (κ1) is 16.2. The summed E-state index contributed by atoms with van der Waals surface area (Å²) in [4.78, 5) is 25.8. The van der Waals surface area contributed by atoms with Crippen LogP contribution in [0.1, 0.15) is 32.1 Å². The average Bonchev–Trinajstić information content (AvgIpc) is 2.97. The van der Waals surface area contributed by atoms with Crippen molar-refractivity contribution in [1.29, 1.82) is 0 Å². The Morgan fingerprint density at radius 2 is 1.90 bits per heavy atom. The topological polar surface area (TPSA) is 87.5 Å². The van der Waals surface area contributed by atoms with Gasteiger partial charge in [-0.2, -0.15) is 0 Å². The van der Waals surface area contributed by atoms with E-state index < -0.39 is 0 Å². The Kier molecular flexibility index (Phi) is 5.99. The van der Waals surface area contributed by atoms with Crippen LogP contribution in [-0.2, 0) is 9.59 Å². The Balaban J connectivity index is 1.73. The highest BCUT2D eigenvalue weighted by atomic mass is 16.2. The first-order chi connectivity index (χ1) is 10.1. The summed E-state index contributed by atoms with van der Waals surface area (Å²) < 4.78 is 0. The summed E-state index contributed by atoms with van der Waals surface area (Å²) in [6.07, 6.45) is 5.01. The van der Waals surface area contributed by atoms with E-state index >= 15 is 0 Å². The zero-order valence-corrected chi connectivity index (χ0v) is 12.9. The molecule has 6 heteroatoms. The summed E-state index contributed by atoms with van der Waals surface area (Å²) >= 11 is 0. The lowest BCUT2D eigenvalue weighted by molar-refractivity contribution is -0.127. The van der Waals surface area contributed by atoms with Crippen LogP contribution in [0.25, 0.3) is 0 Å². The number of likely N-dealkylation sites (N-methyl/N-ethyl adjacent to an activating group) is 1. The van der Waals surface area contributed by atoms with Crippen LogP contribution < -0.4 is 16.4 Å². The van der Waals surface area contributed by atoms with E-state index in [-0.39, 0.29) is 23.8 Å². The molecule has 0 aromatic heterocycles. The lowest BCUT2D eigenvalue weighted by Crippen LogP contribution is -2.48. The van der Waals surface area contributed by atoms with Crippen LogP contribution in [0.5, 0.6) is 0 Å². The number of hydrogen-bond donors (Lipinski definition) is 3. The van der Waals surface area contributed by atoms with Crippen molar-refractivity contribution in [3.05, 3.63) is 0 Å². The third-order valence-electron chi connectivity index (χ3n) is 4.88. The number of carbonyl (C=O) groups excluding carboxylic acids is 2. The van der Waals surface area contributed by atoms with Gasteiger partial charge in [-0.1, -0.05) is 6.42 Å². The lowest BCUT2D eigenvalue weighted by Gasteiger charge is -2.32. The second kappa shape index (κ2) is 7.75. The normalized spacial score (nSPS) is 27.5. The van der Waals surface area contributed by atoms with Gasteiger partial charge in [-0.15, -0.1) is 0 Å². The van der Waals surface area contributed by atoms with Crippen molar-refractivity contribution in [3.63, 3.8) is 0 Å². The first-order valence-electron chi connectivity index (χ1n) is 8.07. The van der Waals surface area contributed by atoms with E-state index in [0.717, 1.165) is 45.2 Å². The summed E-state index contributed by atoms with van der Waals surface area (Å²) in [6, 6.07) is 0.248.